The number of primary sulfonamides is 1. The number of sulfone groups is 1. The third kappa shape index (κ3) is 4.29. The van der Waals surface area contributed by atoms with Gasteiger partial charge in [0, 0.05) is 24.9 Å². The SMILES string of the molecule is CS(=O)(=O)C1Cc2ccccc2CN1C(=O)Nc1ccc(S(N)(=O)=O)cc1. The number of nitrogens with one attached hydrogen (secondary N) is 1. The molecule has 27 heavy (non-hydrogen) atoms. The first-order valence-corrected chi connectivity index (χ1v) is 11.5. The molecule has 10 heteroatoms. The molecular formula is C17H19N3O5S2. The maximum absolute atomic E-state index is 12.7. The molecular weight excluding hydrogens is 390 g/mol. The van der Waals surface area contributed by atoms with Crippen LogP contribution in [0.3, 0.4) is 0 Å². The van der Waals surface area contributed by atoms with E-state index in [1.807, 2.05) is 24.3 Å². The number of fused-ring (bicyclic) bond motifs is 1. The number of rotatable bonds is 3. The van der Waals surface area contributed by atoms with Crippen molar-refractivity contribution in [1.82, 2.24) is 4.90 Å². The van der Waals surface area contributed by atoms with Gasteiger partial charge >= 0.3 is 6.03 Å². The maximum Gasteiger partial charge on any atom is 0.323 e. The molecule has 0 aliphatic carbocycles. The normalized spacial score (nSPS) is 17.3. The molecule has 0 saturated carbocycles. The molecule has 8 nitrogen and oxygen atoms in total. The van der Waals surface area contributed by atoms with Gasteiger partial charge in [-0.1, -0.05) is 24.3 Å². The highest BCUT2D eigenvalue weighted by molar-refractivity contribution is 7.91. The molecule has 1 heterocycles. The zero-order valence-electron chi connectivity index (χ0n) is 14.5. The number of amides is 2. The van der Waals surface area contributed by atoms with Gasteiger partial charge < -0.3 is 10.2 Å². The van der Waals surface area contributed by atoms with Crippen molar-refractivity contribution < 1.29 is 21.6 Å². The monoisotopic (exact) mass is 409 g/mol. The summed E-state index contributed by atoms with van der Waals surface area (Å²) < 4.78 is 47.0. The minimum atomic E-state index is -3.83. The third-order valence-electron chi connectivity index (χ3n) is 4.39. The molecule has 1 atom stereocenters. The lowest BCUT2D eigenvalue weighted by molar-refractivity contribution is 0.197. The topological polar surface area (TPSA) is 127 Å². The summed E-state index contributed by atoms with van der Waals surface area (Å²) in [6.45, 7) is 0.162. The van der Waals surface area contributed by atoms with E-state index in [0.29, 0.717) is 5.69 Å². The highest BCUT2D eigenvalue weighted by Crippen LogP contribution is 2.27. The number of benzene rings is 2. The molecule has 0 radical (unpaired) electrons. The molecule has 3 rings (SSSR count). The van der Waals surface area contributed by atoms with Crippen molar-refractivity contribution in [2.75, 3.05) is 11.6 Å². The number of hydrogen-bond acceptors (Lipinski definition) is 5. The lowest BCUT2D eigenvalue weighted by atomic mass is 10.00. The van der Waals surface area contributed by atoms with Crippen LogP contribution >= 0.6 is 0 Å². The molecule has 0 saturated heterocycles. The molecule has 2 aromatic rings. The second-order valence-electron chi connectivity index (χ2n) is 6.38. The second kappa shape index (κ2) is 6.95. The van der Waals surface area contributed by atoms with Crippen molar-refractivity contribution in [2.24, 2.45) is 5.14 Å². The van der Waals surface area contributed by atoms with Gasteiger partial charge in [0.05, 0.1) is 4.90 Å². The largest absolute Gasteiger partial charge is 0.323 e. The first kappa shape index (κ1) is 19.3. The Morgan fingerprint density at radius 3 is 2.19 bits per heavy atom. The summed E-state index contributed by atoms with van der Waals surface area (Å²) >= 11 is 0. The average molecular weight is 409 g/mol. The van der Waals surface area contributed by atoms with Crippen LogP contribution in [-0.4, -0.2) is 39.4 Å². The van der Waals surface area contributed by atoms with Crippen LogP contribution in [0.5, 0.6) is 0 Å². The third-order valence-corrected chi connectivity index (χ3v) is 6.73. The van der Waals surface area contributed by atoms with E-state index in [2.05, 4.69) is 5.32 Å². The summed E-state index contributed by atoms with van der Waals surface area (Å²) in [6.07, 6.45) is 1.32. The number of carbonyl (C=O) groups is 1. The Kier molecular flexibility index (Phi) is 4.98. The molecule has 1 aliphatic rings. The number of sulfonamides is 1. The molecule has 1 aliphatic heterocycles. The fraction of sp³-hybridized carbons (Fsp3) is 0.235. The standard InChI is InChI=1S/C17H19N3O5S2/c1-26(22,23)16-10-12-4-2-3-5-13(12)11-20(16)17(21)19-14-6-8-15(9-7-14)27(18,24)25/h2-9,16H,10-11H2,1H3,(H,19,21)(H2,18,24,25). The Balaban J connectivity index is 1.86. The summed E-state index contributed by atoms with van der Waals surface area (Å²) in [5.41, 5.74) is 2.12. The summed E-state index contributed by atoms with van der Waals surface area (Å²) in [6, 6.07) is 12.1. The van der Waals surface area contributed by atoms with Crippen LogP contribution in [0.4, 0.5) is 10.5 Å². The predicted molar refractivity (Wildman–Crippen MR) is 101 cm³/mol. The minimum absolute atomic E-state index is 0.0820. The van der Waals surface area contributed by atoms with E-state index in [1.54, 1.807) is 0 Å². The first-order valence-electron chi connectivity index (χ1n) is 8.02. The quantitative estimate of drug-likeness (QED) is 0.790. The summed E-state index contributed by atoms with van der Waals surface area (Å²) in [5.74, 6) is 0. The second-order valence-corrected chi connectivity index (χ2v) is 10.1. The van der Waals surface area contributed by atoms with Gasteiger partial charge in [0.15, 0.2) is 9.84 Å². The van der Waals surface area contributed by atoms with E-state index in [-0.39, 0.29) is 17.9 Å². The maximum atomic E-state index is 12.7. The van der Waals surface area contributed by atoms with Gasteiger partial charge in [-0.25, -0.2) is 26.8 Å². The van der Waals surface area contributed by atoms with Crippen molar-refractivity contribution in [1.29, 1.82) is 0 Å². The number of carbonyl (C=O) groups excluding carboxylic acids is 1. The number of urea groups is 1. The highest BCUT2D eigenvalue weighted by Gasteiger charge is 2.36. The molecule has 2 amide bonds. The predicted octanol–water partition coefficient (Wildman–Crippen LogP) is 1.29. The average Bonchev–Trinajstić information content (AvgIpc) is 2.59. The molecule has 3 N–H and O–H groups in total. The van der Waals surface area contributed by atoms with Gasteiger partial charge in [0.25, 0.3) is 0 Å². The Labute approximate surface area is 158 Å². The summed E-state index contributed by atoms with van der Waals surface area (Å²) in [7, 11) is -7.34. The van der Waals surface area contributed by atoms with Crippen LogP contribution in [0.15, 0.2) is 53.4 Å². The number of nitrogens with zero attached hydrogens (tertiary/aromatic N) is 1. The van der Waals surface area contributed by atoms with Crippen LogP contribution in [0, 0.1) is 0 Å². The van der Waals surface area contributed by atoms with E-state index < -0.39 is 31.3 Å². The van der Waals surface area contributed by atoms with Crippen molar-refractivity contribution in [3.05, 3.63) is 59.7 Å². The van der Waals surface area contributed by atoms with Crippen molar-refractivity contribution in [3.8, 4) is 0 Å². The van der Waals surface area contributed by atoms with Gasteiger partial charge in [-0.2, -0.15) is 0 Å². The zero-order valence-corrected chi connectivity index (χ0v) is 16.1. The smallest absolute Gasteiger partial charge is 0.308 e. The van der Waals surface area contributed by atoms with Crippen molar-refractivity contribution in [3.63, 3.8) is 0 Å². The Bertz CT molecular complexity index is 1080. The van der Waals surface area contributed by atoms with Gasteiger partial charge in [0.2, 0.25) is 10.0 Å². The molecule has 144 valence electrons. The summed E-state index contributed by atoms with van der Waals surface area (Å²) in [4.78, 5) is 13.9. The lowest BCUT2D eigenvalue weighted by Crippen LogP contribution is -2.49. The number of nitrogens with two attached hydrogens (primary N) is 1. The molecule has 0 bridgehead atoms. The highest BCUT2D eigenvalue weighted by atomic mass is 32.2. The lowest BCUT2D eigenvalue weighted by Gasteiger charge is -2.35. The van der Waals surface area contributed by atoms with Gasteiger partial charge in [-0.3, -0.25) is 0 Å². The number of hydrogen-bond donors (Lipinski definition) is 2. The molecule has 0 fully saturated rings. The van der Waals surface area contributed by atoms with E-state index in [1.165, 1.54) is 29.2 Å². The van der Waals surface area contributed by atoms with Crippen LogP contribution in [-0.2, 0) is 32.8 Å². The fourth-order valence-corrected chi connectivity index (χ4v) is 4.63. The van der Waals surface area contributed by atoms with Gasteiger partial charge in [0.1, 0.15) is 5.37 Å². The van der Waals surface area contributed by atoms with Crippen molar-refractivity contribution >= 4 is 31.6 Å². The van der Waals surface area contributed by atoms with E-state index in [0.717, 1.165) is 17.4 Å². The molecule has 0 aromatic heterocycles. The van der Waals surface area contributed by atoms with Crippen LogP contribution < -0.4 is 10.5 Å². The molecule has 2 aromatic carbocycles. The van der Waals surface area contributed by atoms with Crippen LogP contribution in [0.25, 0.3) is 0 Å². The van der Waals surface area contributed by atoms with Gasteiger partial charge in [-0.15, -0.1) is 0 Å². The van der Waals surface area contributed by atoms with E-state index >= 15 is 0 Å². The fourth-order valence-electron chi connectivity index (χ4n) is 3.00. The number of anilines is 1. The van der Waals surface area contributed by atoms with Gasteiger partial charge in [-0.05, 0) is 35.4 Å². The Hall–Kier alpha value is -2.43. The zero-order chi connectivity index (χ0) is 19.8. The van der Waals surface area contributed by atoms with Crippen LogP contribution in [0.1, 0.15) is 11.1 Å². The van der Waals surface area contributed by atoms with E-state index in [4.69, 9.17) is 5.14 Å². The van der Waals surface area contributed by atoms with Crippen LogP contribution in [0.2, 0.25) is 0 Å². The first-order chi connectivity index (χ1) is 12.6. The minimum Gasteiger partial charge on any atom is -0.308 e. The Morgan fingerprint density at radius 2 is 1.63 bits per heavy atom. The van der Waals surface area contributed by atoms with Crippen molar-refractivity contribution in [2.45, 2.75) is 23.2 Å². The van der Waals surface area contributed by atoms with E-state index in [9.17, 15) is 21.6 Å². The molecule has 1 unspecified atom stereocenters. The summed E-state index contributed by atoms with van der Waals surface area (Å²) in [5, 5.41) is 6.68. The molecule has 0 spiro atoms. The Morgan fingerprint density at radius 1 is 1.04 bits per heavy atom.